The Bertz CT molecular complexity index is 392. The van der Waals surface area contributed by atoms with Crippen molar-refractivity contribution < 1.29 is 14.3 Å². The van der Waals surface area contributed by atoms with Gasteiger partial charge in [0.2, 0.25) is 5.91 Å². The van der Waals surface area contributed by atoms with E-state index in [2.05, 4.69) is 6.58 Å². The highest BCUT2D eigenvalue weighted by Crippen LogP contribution is 2.56. The van der Waals surface area contributed by atoms with Crippen LogP contribution in [0, 0.1) is 17.8 Å². The third-order valence-corrected chi connectivity index (χ3v) is 4.61. The number of fused-ring (bicyclic) bond motifs is 1. The Balaban J connectivity index is 1.86. The van der Waals surface area contributed by atoms with Crippen molar-refractivity contribution in [2.24, 2.45) is 17.8 Å². The first-order chi connectivity index (χ1) is 8.17. The van der Waals surface area contributed by atoms with Gasteiger partial charge in [-0.3, -0.25) is 4.79 Å². The second kappa shape index (κ2) is 3.59. The van der Waals surface area contributed by atoms with Crippen LogP contribution < -0.4 is 0 Å². The van der Waals surface area contributed by atoms with Crippen LogP contribution in [0.1, 0.15) is 19.8 Å². The van der Waals surface area contributed by atoms with Gasteiger partial charge in [-0.1, -0.05) is 6.58 Å². The minimum atomic E-state index is -0.366. The first-order valence-corrected chi connectivity index (χ1v) is 6.31. The van der Waals surface area contributed by atoms with E-state index in [1.165, 1.54) is 6.08 Å². The molecule has 0 aromatic heterocycles. The van der Waals surface area contributed by atoms with Crippen molar-refractivity contribution in [1.29, 1.82) is 0 Å². The van der Waals surface area contributed by atoms with E-state index in [4.69, 9.17) is 4.74 Å². The molecule has 4 nitrogen and oxygen atoms in total. The molecule has 1 heterocycles. The molecular formula is C13H17NO3. The van der Waals surface area contributed by atoms with Crippen LogP contribution in [0.4, 0.5) is 0 Å². The lowest BCUT2D eigenvalue weighted by Crippen LogP contribution is -2.43. The Morgan fingerprint density at radius 3 is 3.00 bits per heavy atom. The minimum absolute atomic E-state index is 0.104. The number of esters is 1. The molecule has 2 bridgehead atoms. The predicted molar refractivity (Wildman–Crippen MR) is 61.0 cm³/mol. The van der Waals surface area contributed by atoms with E-state index in [0.29, 0.717) is 18.4 Å². The first kappa shape index (κ1) is 10.8. The normalized spacial score (nSPS) is 42.1. The quantitative estimate of drug-likeness (QED) is 0.541. The standard InChI is InChI=1S/C13H17NO3/c1-3-10(15)17-12-7-5-8-9(6-7)13(16)14(4-2)11(8)12/h3,7-9,11-12H,1,4-6H2,2H3. The lowest BCUT2D eigenvalue weighted by Gasteiger charge is -2.30. The van der Waals surface area contributed by atoms with Gasteiger partial charge in [0.15, 0.2) is 0 Å². The van der Waals surface area contributed by atoms with Crippen LogP contribution in [0.2, 0.25) is 0 Å². The molecule has 5 atom stereocenters. The van der Waals surface area contributed by atoms with Crippen molar-refractivity contribution in [3.05, 3.63) is 12.7 Å². The highest BCUT2D eigenvalue weighted by Gasteiger charge is 2.64. The fourth-order valence-corrected chi connectivity index (χ4v) is 4.05. The maximum atomic E-state index is 12.1. The molecule has 3 aliphatic rings. The molecule has 3 fully saturated rings. The molecule has 0 radical (unpaired) electrons. The molecule has 1 amide bonds. The van der Waals surface area contributed by atoms with Crippen LogP contribution in [0.5, 0.6) is 0 Å². The third kappa shape index (κ3) is 1.30. The maximum Gasteiger partial charge on any atom is 0.330 e. The number of ether oxygens (including phenoxy) is 1. The summed E-state index contributed by atoms with van der Waals surface area (Å²) in [5.74, 6) is 0.884. The Kier molecular flexibility index (Phi) is 2.28. The zero-order chi connectivity index (χ0) is 12.2. The van der Waals surface area contributed by atoms with E-state index in [1.54, 1.807) is 0 Å². The summed E-state index contributed by atoms with van der Waals surface area (Å²) in [7, 11) is 0. The van der Waals surface area contributed by atoms with Crippen molar-refractivity contribution in [1.82, 2.24) is 4.90 Å². The van der Waals surface area contributed by atoms with Crippen molar-refractivity contribution >= 4 is 11.9 Å². The van der Waals surface area contributed by atoms with Gasteiger partial charge >= 0.3 is 5.97 Å². The summed E-state index contributed by atoms with van der Waals surface area (Å²) < 4.78 is 5.45. The molecule has 0 N–H and O–H groups in total. The molecule has 5 unspecified atom stereocenters. The van der Waals surface area contributed by atoms with Crippen LogP contribution in [0.25, 0.3) is 0 Å². The average molecular weight is 235 g/mol. The Labute approximate surface area is 101 Å². The average Bonchev–Trinajstić information content (AvgIpc) is 2.92. The molecule has 2 saturated carbocycles. The zero-order valence-corrected chi connectivity index (χ0v) is 9.96. The number of rotatable bonds is 3. The topological polar surface area (TPSA) is 46.6 Å². The molecule has 0 aromatic carbocycles. The summed E-state index contributed by atoms with van der Waals surface area (Å²) >= 11 is 0. The number of likely N-dealkylation sites (tertiary alicyclic amines) is 1. The highest BCUT2D eigenvalue weighted by atomic mass is 16.5. The van der Waals surface area contributed by atoms with Gasteiger partial charge in [-0.2, -0.15) is 0 Å². The van der Waals surface area contributed by atoms with Crippen LogP contribution in [-0.2, 0) is 14.3 Å². The number of carbonyl (C=O) groups excluding carboxylic acids is 2. The van der Waals surface area contributed by atoms with Gasteiger partial charge in [-0.25, -0.2) is 4.79 Å². The summed E-state index contributed by atoms with van der Waals surface area (Å²) in [5.41, 5.74) is 0. The fraction of sp³-hybridized carbons (Fsp3) is 0.692. The van der Waals surface area contributed by atoms with Crippen LogP contribution in [-0.4, -0.2) is 35.5 Å². The highest BCUT2D eigenvalue weighted by molar-refractivity contribution is 5.84. The second-order valence-electron chi connectivity index (χ2n) is 5.22. The molecule has 3 rings (SSSR count). The van der Waals surface area contributed by atoms with E-state index < -0.39 is 0 Å². The number of hydrogen-bond donors (Lipinski definition) is 0. The number of amides is 1. The van der Waals surface area contributed by atoms with Gasteiger partial charge in [-0.15, -0.1) is 0 Å². The molecule has 92 valence electrons. The largest absolute Gasteiger partial charge is 0.457 e. The monoisotopic (exact) mass is 235 g/mol. The second-order valence-corrected chi connectivity index (χ2v) is 5.22. The van der Waals surface area contributed by atoms with Gasteiger partial charge in [0.25, 0.3) is 0 Å². The third-order valence-electron chi connectivity index (χ3n) is 4.61. The van der Waals surface area contributed by atoms with Crippen molar-refractivity contribution in [2.75, 3.05) is 6.54 Å². The molecule has 0 aromatic rings. The van der Waals surface area contributed by atoms with Crippen molar-refractivity contribution in [3.63, 3.8) is 0 Å². The molecule has 4 heteroatoms. The lowest BCUT2D eigenvalue weighted by atomic mass is 9.87. The lowest BCUT2D eigenvalue weighted by molar-refractivity contribution is -0.149. The van der Waals surface area contributed by atoms with E-state index in [0.717, 1.165) is 12.8 Å². The van der Waals surface area contributed by atoms with Crippen molar-refractivity contribution in [2.45, 2.75) is 31.9 Å². The van der Waals surface area contributed by atoms with Gasteiger partial charge in [0, 0.05) is 18.5 Å². The molecule has 0 spiro atoms. The van der Waals surface area contributed by atoms with Gasteiger partial charge in [-0.05, 0) is 31.6 Å². The minimum Gasteiger partial charge on any atom is -0.457 e. The fourth-order valence-electron chi connectivity index (χ4n) is 4.05. The summed E-state index contributed by atoms with van der Waals surface area (Å²) in [6.07, 6.45) is 3.03. The Morgan fingerprint density at radius 2 is 2.35 bits per heavy atom. The summed E-state index contributed by atoms with van der Waals surface area (Å²) in [5, 5.41) is 0. The van der Waals surface area contributed by atoms with E-state index in [1.807, 2.05) is 11.8 Å². The number of likely N-dealkylation sites (N-methyl/N-ethyl adjacent to an activating group) is 1. The van der Waals surface area contributed by atoms with Gasteiger partial charge in [0.05, 0.1) is 6.04 Å². The molecule has 2 aliphatic carbocycles. The van der Waals surface area contributed by atoms with Crippen molar-refractivity contribution in [3.8, 4) is 0 Å². The van der Waals surface area contributed by atoms with Crippen LogP contribution >= 0.6 is 0 Å². The Morgan fingerprint density at radius 1 is 1.59 bits per heavy atom. The first-order valence-electron chi connectivity index (χ1n) is 6.31. The smallest absolute Gasteiger partial charge is 0.330 e. The van der Waals surface area contributed by atoms with E-state index in [-0.39, 0.29) is 29.9 Å². The predicted octanol–water partition coefficient (Wildman–Crippen LogP) is 0.971. The molecular weight excluding hydrogens is 218 g/mol. The molecule has 17 heavy (non-hydrogen) atoms. The number of nitrogens with zero attached hydrogens (tertiary/aromatic N) is 1. The number of hydrogen-bond acceptors (Lipinski definition) is 3. The number of carbonyl (C=O) groups is 2. The van der Waals surface area contributed by atoms with E-state index in [9.17, 15) is 9.59 Å². The van der Waals surface area contributed by atoms with Crippen LogP contribution in [0.3, 0.4) is 0 Å². The zero-order valence-electron chi connectivity index (χ0n) is 9.96. The Hall–Kier alpha value is -1.32. The van der Waals surface area contributed by atoms with Gasteiger partial charge in [0.1, 0.15) is 6.10 Å². The van der Waals surface area contributed by atoms with Gasteiger partial charge < -0.3 is 9.64 Å². The maximum absolute atomic E-state index is 12.1. The summed E-state index contributed by atoms with van der Waals surface area (Å²) in [6, 6.07) is 0.125. The van der Waals surface area contributed by atoms with Crippen LogP contribution in [0.15, 0.2) is 12.7 Å². The molecule has 1 saturated heterocycles. The van der Waals surface area contributed by atoms with E-state index >= 15 is 0 Å². The summed E-state index contributed by atoms with van der Waals surface area (Å²) in [6.45, 7) is 6.13. The SMILES string of the molecule is C=CC(=O)OC1C2CC3C(=O)N(CC)C1C3C2. The summed E-state index contributed by atoms with van der Waals surface area (Å²) in [4.78, 5) is 25.4. The molecule has 1 aliphatic heterocycles.